The summed E-state index contributed by atoms with van der Waals surface area (Å²) in [6.45, 7) is 2.74. The summed E-state index contributed by atoms with van der Waals surface area (Å²) in [5.41, 5.74) is 2.93. The molecule has 156 valence electrons. The minimum absolute atomic E-state index is 0.0682. The van der Waals surface area contributed by atoms with E-state index in [1.807, 2.05) is 48.7 Å². The Morgan fingerprint density at radius 1 is 1.06 bits per heavy atom. The molecular formula is C24H23N5OS. The third-order valence-corrected chi connectivity index (χ3v) is 6.47. The van der Waals surface area contributed by atoms with Crippen molar-refractivity contribution in [2.75, 3.05) is 13.1 Å². The molecule has 31 heavy (non-hydrogen) atoms. The van der Waals surface area contributed by atoms with Crippen molar-refractivity contribution < 1.29 is 4.79 Å². The van der Waals surface area contributed by atoms with Crippen LogP contribution in [0.3, 0.4) is 0 Å². The molecule has 4 aromatic rings. The van der Waals surface area contributed by atoms with E-state index in [0.717, 1.165) is 31.6 Å². The van der Waals surface area contributed by atoms with Crippen LogP contribution in [0.4, 0.5) is 0 Å². The molecule has 3 heterocycles. The molecule has 1 fully saturated rings. The van der Waals surface area contributed by atoms with Crippen LogP contribution < -0.4 is 5.32 Å². The molecule has 1 amide bonds. The maximum absolute atomic E-state index is 13.3. The maximum Gasteiger partial charge on any atom is 0.263 e. The van der Waals surface area contributed by atoms with Gasteiger partial charge in [-0.3, -0.25) is 9.69 Å². The average Bonchev–Trinajstić information content (AvgIpc) is 3.56. The molecule has 7 heteroatoms. The van der Waals surface area contributed by atoms with Crippen molar-refractivity contribution >= 4 is 17.2 Å². The van der Waals surface area contributed by atoms with Crippen molar-refractivity contribution in [2.24, 2.45) is 0 Å². The minimum Gasteiger partial charge on any atom is -0.347 e. The van der Waals surface area contributed by atoms with Crippen molar-refractivity contribution in [3.63, 3.8) is 0 Å². The quantitative estimate of drug-likeness (QED) is 0.503. The Hall–Kier alpha value is -3.29. The van der Waals surface area contributed by atoms with Crippen LogP contribution in [0, 0.1) is 0 Å². The number of benzene rings is 2. The van der Waals surface area contributed by atoms with E-state index < -0.39 is 0 Å². The van der Waals surface area contributed by atoms with Gasteiger partial charge < -0.3 is 5.32 Å². The molecule has 2 aromatic heterocycles. The van der Waals surface area contributed by atoms with Crippen molar-refractivity contribution in [2.45, 2.75) is 19.0 Å². The molecule has 5 rings (SSSR count). The van der Waals surface area contributed by atoms with Crippen LogP contribution in [0.5, 0.6) is 0 Å². The molecule has 2 aromatic carbocycles. The number of rotatable bonds is 6. The topological polar surface area (TPSA) is 63.1 Å². The van der Waals surface area contributed by atoms with Crippen LogP contribution in [0.2, 0.25) is 0 Å². The van der Waals surface area contributed by atoms with Crippen LogP contribution >= 0.6 is 11.3 Å². The highest BCUT2D eigenvalue weighted by Crippen LogP contribution is 2.30. The monoisotopic (exact) mass is 429 g/mol. The molecule has 0 spiro atoms. The summed E-state index contributed by atoms with van der Waals surface area (Å²) in [5.74, 6) is -0.0682. The van der Waals surface area contributed by atoms with Gasteiger partial charge in [-0.05, 0) is 18.1 Å². The third-order valence-electron chi connectivity index (χ3n) is 5.43. The first-order valence-electron chi connectivity index (χ1n) is 10.4. The Kier molecular flexibility index (Phi) is 5.60. The number of hydrogen-bond donors (Lipinski definition) is 1. The molecule has 6 nitrogen and oxygen atoms in total. The SMILES string of the molecule is O=C(NC1CCN(Cc2ccccc2)C1)c1sc(-n2cccn2)nc1-c1ccccc1. The van der Waals surface area contributed by atoms with Crippen molar-refractivity contribution in [1.82, 2.24) is 25.0 Å². The van der Waals surface area contributed by atoms with E-state index >= 15 is 0 Å². The van der Waals surface area contributed by atoms with E-state index in [-0.39, 0.29) is 11.9 Å². The lowest BCUT2D eigenvalue weighted by Crippen LogP contribution is -2.36. The van der Waals surface area contributed by atoms with Crippen LogP contribution in [0.25, 0.3) is 16.4 Å². The van der Waals surface area contributed by atoms with Gasteiger partial charge in [-0.1, -0.05) is 72.0 Å². The molecule has 1 aliphatic rings. The number of likely N-dealkylation sites (tertiary alicyclic amines) is 1. The summed E-state index contributed by atoms with van der Waals surface area (Å²) >= 11 is 1.37. The Balaban J connectivity index is 1.33. The molecule has 0 aliphatic carbocycles. The number of carbonyl (C=O) groups excluding carboxylic acids is 1. The van der Waals surface area contributed by atoms with Crippen LogP contribution in [-0.4, -0.2) is 44.7 Å². The van der Waals surface area contributed by atoms with Crippen molar-refractivity contribution in [1.29, 1.82) is 0 Å². The van der Waals surface area contributed by atoms with Gasteiger partial charge in [0.15, 0.2) is 0 Å². The zero-order valence-corrected chi connectivity index (χ0v) is 17.8. The number of amides is 1. The summed E-state index contributed by atoms with van der Waals surface area (Å²) < 4.78 is 1.70. The normalized spacial score (nSPS) is 16.5. The fraction of sp³-hybridized carbons (Fsp3) is 0.208. The number of aromatic nitrogens is 3. The minimum atomic E-state index is -0.0682. The molecule has 0 radical (unpaired) electrons. The molecule has 1 aliphatic heterocycles. The summed E-state index contributed by atoms with van der Waals surface area (Å²) in [4.78, 5) is 21.0. The van der Waals surface area contributed by atoms with E-state index in [0.29, 0.717) is 15.7 Å². The van der Waals surface area contributed by atoms with Gasteiger partial charge in [0.2, 0.25) is 5.13 Å². The van der Waals surface area contributed by atoms with Gasteiger partial charge in [-0.25, -0.2) is 9.67 Å². The molecule has 1 saturated heterocycles. The molecule has 1 atom stereocenters. The highest BCUT2D eigenvalue weighted by molar-refractivity contribution is 7.16. The lowest BCUT2D eigenvalue weighted by Gasteiger charge is -2.16. The lowest BCUT2D eigenvalue weighted by molar-refractivity contribution is 0.0942. The highest BCUT2D eigenvalue weighted by Gasteiger charge is 2.27. The van der Waals surface area contributed by atoms with Crippen LogP contribution in [-0.2, 0) is 6.54 Å². The first-order valence-corrected chi connectivity index (χ1v) is 11.2. The second kappa shape index (κ2) is 8.83. The molecule has 1 unspecified atom stereocenters. The Bertz CT molecular complexity index is 1140. The van der Waals surface area contributed by atoms with Gasteiger partial charge in [0, 0.05) is 43.6 Å². The zero-order chi connectivity index (χ0) is 21.0. The van der Waals surface area contributed by atoms with Gasteiger partial charge in [0.05, 0.1) is 5.69 Å². The first kappa shape index (κ1) is 19.7. The Labute approximate surface area is 185 Å². The van der Waals surface area contributed by atoms with E-state index in [2.05, 4.69) is 39.6 Å². The predicted octanol–water partition coefficient (Wildman–Crippen LogP) is 4.00. The second-order valence-corrected chi connectivity index (χ2v) is 8.65. The van der Waals surface area contributed by atoms with E-state index in [1.165, 1.54) is 16.9 Å². The van der Waals surface area contributed by atoms with Gasteiger partial charge in [0.1, 0.15) is 4.88 Å². The molecule has 1 N–H and O–H groups in total. The largest absolute Gasteiger partial charge is 0.347 e. The molecule has 0 bridgehead atoms. The highest BCUT2D eigenvalue weighted by atomic mass is 32.1. The van der Waals surface area contributed by atoms with Crippen LogP contribution in [0.15, 0.2) is 79.1 Å². The number of hydrogen-bond acceptors (Lipinski definition) is 5. The van der Waals surface area contributed by atoms with Gasteiger partial charge in [-0.15, -0.1) is 0 Å². The van der Waals surface area contributed by atoms with E-state index in [1.54, 1.807) is 10.9 Å². The number of carbonyl (C=O) groups is 1. The smallest absolute Gasteiger partial charge is 0.263 e. The zero-order valence-electron chi connectivity index (χ0n) is 17.0. The predicted molar refractivity (Wildman–Crippen MR) is 122 cm³/mol. The van der Waals surface area contributed by atoms with Crippen molar-refractivity contribution in [3.8, 4) is 16.4 Å². The van der Waals surface area contributed by atoms with Gasteiger partial charge in [-0.2, -0.15) is 5.10 Å². The lowest BCUT2D eigenvalue weighted by atomic mass is 10.1. The average molecular weight is 430 g/mol. The maximum atomic E-state index is 13.3. The second-order valence-electron chi connectivity index (χ2n) is 7.67. The van der Waals surface area contributed by atoms with Crippen LogP contribution in [0.1, 0.15) is 21.7 Å². The first-order chi connectivity index (χ1) is 15.3. The van der Waals surface area contributed by atoms with Crippen molar-refractivity contribution in [3.05, 3.63) is 89.6 Å². The third kappa shape index (κ3) is 4.42. The van der Waals surface area contributed by atoms with E-state index in [4.69, 9.17) is 4.98 Å². The summed E-state index contributed by atoms with van der Waals surface area (Å²) in [7, 11) is 0. The number of thiazole rings is 1. The number of nitrogens with one attached hydrogen (secondary N) is 1. The fourth-order valence-corrected chi connectivity index (χ4v) is 4.85. The number of nitrogens with zero attached hydrogens (tertiary/aromatic N) is 4. The Morgan fingerprint density at radius 2 is 1.84 bits per heavy atom. The Morgan fingerprint density at radius 3 is 2.58 bits per heavy atom. The fourth-order valence-electron chi connectivity index (χ4n) is 3.92. The summed E-state index contributed by atoms with van der Waals surface area (Å²) in [6.07, 6.45) is 4.50. The van der Waals surface area contributed by atoms with Gasteiger partial charge >= 0.3 is 0 Å². The van der Waals surface area contributed by atoms with Gasteiger partial charge in [0.25, 0.3) is 5.91 Å². The summed E-state index contributed by atoms with van der Waals surface area (Å²) in [5, 5.41) is 8.20. The van der Waals surface area contributed by atoms with E-state index in [9.17, 15) is 4.79 Å². The molecular weight excluding hydrogens is 406 g/mol. The summed E-state index contributed by atoms with van der Waals surface area (Å²) in [6, 6.07) is 22.3. The standard InChI is InChI=1S/C24H23N5OS/c30-23(26-20-12-15-28(17-20)16-18-8-3-1-4-9-18)22-21(19-10-5-2-6-11-19)27-24(31-22)29-14-7-13-25-29/h1-11,13-14,20H,12,15-17H2,(H,26,30). The molecule has 0 saturated carbocycles.